The zero-order valence-electron chi connectivity index (χ0n) is 5.81. The molecule has 1 fully saturated rings. The van der Waals surface area contributed by atoms with Crippen molar-refractivity contribution in [1.29, 1.82) is 0 Å². The van der Waals surface area contributed by atoms with Crippen LogP contribution in [-0.4, -0.2) is 11.9 Å². The molecular weight excluding hydrogens is 114 g/mol. The molecule has 0 heterocycles. The van der Waals surface area contributed by atoms with E-state index in [4.69, 9.17) is 0 Å². The second kappa shape index (κ2) is 2.85. The minimum Gasteiger partial charge on any atom is -0.353 e. The summed E-state index contributed by atoms with van der Waals surface area (Å²) in [5.41, 5.74) is 0. The predicted molar refractivity (Wildman–Crippen MR) is 36.1 cm³/mol. The maximum absolute atomic E-state index is 10.8. The minimum atomic E-state index is 0.222. The topological polar surface area (TPSA) is 29.1 Å². The lowest BCUT2D eigenvalue weighted by Gasteiger charge is -1.98. The van der Waals surface area contributed by atoms with Gasteiger partial charge in [-0.15, -0.1) is 0 Å². The molecule has 0 bridgehead atoms. The van der Waals surface area contributed by atoms with Crippen molar-refractivity contribution < 1.29 is 4.79 Å². The van der Waals surface area contributed by atoms with Crippen molar-refractivity contribution in [2.75, 3.05) is 0 Å². The van der Waals surface area contributed by atoms with Crippen LogP contribution in [0, 0.1) is 0 Å². The zero-order valence-corrected chi connectivity index (χ0v) is 5.81. The number of carbonyl (C=O) groups is 1. The van der Waals surface area contributed by atoms with Crippen LogP contribution in [0.5, 0.6) is 0 Å². The van der Waals surface area contributed by atoms with Gasteiger partial charge in [0.1, 0.15) is 0 Å². The number of hydrogen-bond acceptors (Lipinski definition) is 1. The van der Waals surface area contributed by atoms with Crippen LogP contribution < -0.4 is 5.32 Å². The smallest absolute Gasteiger partial charge is 0.220 e. The molecule has 0 aromatic heterocycles. The SMILES string of the molecule is CCCC(=O)NC1CC1. The highest BCUT2D eigenvalue weighted by atomic mass is 16.1. The Morgan fingerprint density at radius 1 is 1.67 bits per heavy atom. The fraction of sp³-hybridized carbons (Fsp3) is 0.857. The Bertz CT molecular complexity index is 107. The molecule has 1 rings (SSSR count). The lowest BCUT2D eigenvalue weighted by molar-refractivity contribution is -0.121. The van der Waals surface area contributed by atoms with Crippen LogP contribution in [0.2, 0.25) is 0 Å². The summed E-state index contributed by atoms with van der Waals surface area (Å²) >= 11 is 0. The van der Waals surface area contributed by atoms with Gasteiger partial charge in [-0.2, -0.15) is 0 Å². The normalized spacial score (nSPS) is 17.4. The average Bonchev–Trinajstić information content (AvgIpc) is 2.50. The van der Waals surface area contributed by atoms with Gasteiger partial charge < -0.3 is 5.32 Å². The molecule has 1 amide bonds. The molecule has 0 aromatic carbocycles. The molecule has 0 spiro atoms. The van der Waals surface area contributed by atoms with Crippen molar-refractivity contribution in [2.45, 2.75) is 38.6 Å². The van der Waals surface area contributed by atoms with Gasteiger partial charge in [0.2, 0.25) is 5.91 Å². The molecule has 0 saturated heterocycles. The third kappa shape index (κ3) is 2.49. The van der Waals surface area contributed by atoms with Gasteiger partial charge in [0.05, 0.1) is 0 Å². The van der Waals surface area contributed by atoms with Crippen LogP contribution in [0.25, 0.3) is 0 Å². The monoisotopic (exact) mass is 127 g/mol. The Morgan fingerprint density at radius 2 is 2.33 bits per heavy atom. The third-order valence-corrected chi connectivity index (χ3v) is 1.42. The molecule has 1 aliphatic carbocycles. The third-order valence-electron chi connectivity index (χ3n) is 1.42. The summed E-state index contributed by atoms with van der Waals surface area (Å²) in [6, 6.07) is 0.532. The Morgan fingerprint density at radius 3 is 2.78 bits per heavy atom. The van der Waals surface area contributed by atoms with E-state index in [0.717, 1.165) is 6.42 Å². The Balaban J connectivity index is 2.02. The van der Waals surface area contributed by atoms with Gasteiger partial charge in [-0.1, -0.05) is 6.92 Å². The first kappa shape index (κ1) is 6.59. The lowest BCUT2D eigenvalue weighted by atomic mass is 10.3. The Labute approximate surface area is 55.6 Å². The second-order valence-electron chi connectivity index (χ2n) is 2.59. The van der Waals surface area contributed by atoms with E-state index in [2.05, 4.69) is 5.32 Å². The molecule has 0 aromatic rings. The van der Waals surface area contributed by atoms with Crippen LogP contribution in [0.15, 0.2) is 0 Å². The standard InChI is InChI=1S/C7H13NO/c1-2-3-7(9)8-6-4-5-6/h6H,2-5H2,1H3,(H,8,9). The van der Waals surface area contributed by atoms with E-state index in [0.29, 0.717) is 12.5 Å². The molecule has 0 radical (unpaired) electrons. The highest BCUT2D eigenvalue weighted by Crippen LogP contribution is 2.18. The van der Waals surface area contributed by atoms with Crippen LogP contribution >= 0.6 is 0 Å². The molecule has 0 unspecified atom stereocenters. The Kier molecular flexibility index (Phi) is 2.09. The van der Waals surface area contributed by atoms with Gasteiger partial charge >= 0.3 is 0 Å². The fourth-order valence-electron chi connectivity index (χ4n) is 0.755. The molecular formula is C7H13NO. The second-order valence-corrected chi connectivity index (χ2v) is 2.59. The molecule has 1 saturated carbocycles. The highest BCUT2D eigenvalue weighted by Gasteiger charge is 2.22. The molecule has 1 N–H and O–H groups in total. The van der Waals surface area contributed by atoms with E-state index >= 15 is 0 Å². The van der Waals surface area contributed by atoms with E-state index in [1.54, 1.807) is 0 Å². The maximum Gasteiger partial charge on any atom is 0.220 e. The number of amides is 1. The molecule has 2 nitrogen and oxygen atoms in total. The summed E-state index contributed by atoms with van der Waals surface area (Å²) in [7, 11) is 0. The molecule has 0 atom stereocenters. The van der Waals surface area contributed by atoms with E-state index in [1.165, 1.54) is 12.8 Å². The van der Waals surface area contributed by atoms with Crippen molar-refractivity contribution in [3.05, 3.63) is 0 Å². The summed E-state index contributed by atoms with van der Waals surface area (Å²) in [6.07, 6.45) is 4.03. The zero-order chi connectivity index (χ0) is 6.69. The minimum absolute atomic E-state index is 0.222. The van der Waals surface area contributed by atoms with Gasteiger partial charge in [0.15, 0.2) is 0 Å². The average molecular weight is 127 g/mol. The quantitative estimate of drug-likeness (QED) is 0.603. The van der Waals surface area contributed by atoms with Crippen LogP contribution in [-0.2, 0) is 4.79 Å². The Hall–Kier alpha value is -0.530. The number of nitrogens with one attached hydrogen (secondary N) is 1. The predicted octanol–water partition coefficient (Wildman–Crippen LogP) is 1.07. The van der Waals surface area contributed by atoms with Crippen LogP contribution in [0.3, 0.4) is 0 Å². The van der Waals surface area contributed by atoms with E-state index in [1.807, 2.05) is 6.92 Å². The first-order valence-corrected chi connectivity index (χ1v) is 3.62. The van der Waals surface area contributed by atoms with Crippen LogP contribution in [0.1, 0.15) is 32.6 Å². The fourth-order valence-corrected chi connectivity index (χ4v) is 0.755. The van der Waals surface area contributed by atoms with Crippen molar-refractivity contribution >= 4 is 5.91 Å². The highest BCUT2D eigenvalue weighted by molar-refractivity contribution is 5.76. The number of carbonyl (C=O) groups excluding carboxylic acids is 1. The van der Waals surface area contributed by atoms with Crippen molar-refractivity contribution in [2.24, 2.45) is 0 Å². The van der Waals surface area contributed by atoms with E-state index in [9.17, 15) is 4.79 Å². The van der Waals surface area contributed by atoms with Gasteiger partial charge in [-0.05, 0) is 19.3 Å². The van der Waals surface area contributed by atoms with Crippen molar-refractivity contribution in [1.82, 2.24) is 5.32 Å². The first-order chi connectivity index (χ1) is 4.33. The molecule has 2 heteroatoms. The van der Waals surface area contributed by atoms with Gasteiger partial charge in [0.25, 0.3) is 0 Å². The number of rotatable bonds is 3. The van der Waals surface area contributed by atoms with Gasteiger partial charge in [0, 0.05) is 12.5 Å². The molecule has 9 heavy (non-hydrogen) atoms. The summed E-state index contributed by atoms with van der Waals surface area (Å²) < 4.78 is 0. The van der Waals surface area contributed by atoms with Gasteiger partial charge in [-0.25, -0.2) is 0 Å². The number of hydrogen-bond donors (Lipinski definition) is 1. The largest absolute Gasteiger partial charge is 0.353 e. The molecule has 1 aliphatic rings. The van der Waals surface area contributed by atoms with Gasteiger partial charge in [-0.3, -0.25) is 4.79 Å². The summed E-state index contributed by atoms with van der Waals surface area (Å²) in [5, 5.41) is 2.92. The summed E-state index contributed by atoms with van der Waals surface area (Å²) in [5.74, 6) is 0.222. The summed E-state index contributed by atoms with van der Waals surface area (Å²) in [6.45, 7) is 2.02. The van der Waals surface area contributed by atoms with Crippen molar-refractivity contribution in [3.8, 4) is 0 Å². The van der Waals surface area contributed by atoms with Crippen LogP contribution in [0.4, 0.5) is 0 Å². The lowest BCUT2D eigenvalue weighted by Crippen LogP contribution is -2.24. The molecule has 52 valence electrons. The first-order valence-electron chi connectivity index (χ1n) is 3.62. The van der Waals surface area contributed by atoms with E-state index < -0.39 is 0 Å². The van der Waals surface area contributed by atoms with Crippen molar-refractivity contribution in [3.63, 3.8) is 0 Å². The maximum atomic E-state index is 10.8. The molecule has 0 aliphatic heterocycles. The summed E-state index contributed by atoms with van der Waals surface area (Å²) in [4.78, 5) is 10.8. The van der Waals surface area contributed by atoms with E-state index in [-0.39, 0.29) is 5.91 Å².